The summed E-state index contributed by atoms with van der Waals surface area (Å²) in [4.78, 5) is 0. The molecule has 1 aromatic rings. The Kier molecular flexibility index (Phi) is 2.80. The third-order valence-corrected chi connectivity index (χ3v) is 2.79. The molecule has 1 heterocycles. The van der Waals surface area contributed by atoms with Gasteiger partial charge in [-0.25, -0.2) is 0 Å². The summed E-state index contributed by atoms with van der Waals surface area (Å²) in [6, 6.07) is 7.47. The van der Waals surface area contributed by atoms with Gasteiger partial charge >= 0.3 is 0 Å². The number of dihydropyridines is 1. The topological polar surface area (TPSA) is 32.3 Å². The Morgan fingerprint density at radius 2 is 1.93 bits per heavy atom. The van der Waals surface area contributed by atoms with Gasteiger partial charge in [-0.2, -0.15) is 0 Å². The second-order valence-corrected chi connectivity index (χ2v) is 3.94. The first kappa shape index (κ1) is 10.3. The Bertz CT molecular complexity index is 397. The van der Waals surface area contributed by atoms with Gasteiger partial charge in [0, 0.05) is 5.02 Å². The van der Waals surface area contributed by atoms with Gasteiger partial charge in [-0.3, -0.25) is 0 Å². The van der Waals surface area contributed by atoms with Gasteiger partial charge in [-0.05, 0) is 30.0 Å². The molecular weight excluding hydrogens is 210 g/mol. The Balaban J connectivity index is 2.38. The van der Waals surface area contributed by atoms with E-state index in [2.05, 4.69) is 5.32 Å². The number of rotatable bonds is 2. The van der Waals surface area contributed by atoms with Gasteiger partial charge in [0.25, 0.3) is 0 Å². The van der Waals surface area contributed by atoms with E-state index in [1.807, 2.05) is 48.7 Å². The van der Waals surface area contributed by atoms with Gasteiger partial charge in [0.15, 0.2) is 0 Å². The molecule has 0 amide bonds. The maximum atomic E-state index is 9.48. The minimum absolute atomic E-state index is 0.00940. The summed E-state index contributed by atoms with van der Waals surface area (Å²) < 4.78 is 0. The van der Waals surface area contributed by atoms with Gasteiger partial charge < -0.3 is 10.4 Å². The van der Waals surface area contributed by atoms with Crippen molar-refractivity contribution >= 4 is 11.6 Å². The first-order valence-electron chi connectivity index (χ1n) is 4.76. The van der Waals surface area contributed by atoms with Crippen LogP contribution in [0.3, 0.4) is 0 Å². The van der Waals surface area contributed by atoms with Crippen LogP contribution < -0.4 is 5.32 Å². The highest BCUT2D eigenvalue weighted by atomic mass is 35.5. The third-order valence-electron chi connectivity index (χ3n) is 2.54. The summed E-state index contributed by atoms with van der Waals surface area (Å²) in [5.74, 6) is 0. The van der Waals surface area contributed by atoms with Crippen molar-refractivity contribution in [2.24, 2.45) is 0 Å². The molecule has 1 aromatic carbocycles. The first-order chi connectivity index (χ1) is 7.27. The minimum Gasteiger partial charge on any atom is -0.393 e. The maximum Gasteiger partial charge on any atom is 0.104 e. The average molecular weight is 222 g/mol. The molecule has 0 aliphatic carbocycles. The zero-order chi connectivity index (χ0) is 10.7. The molecule has 0 aromatic heterocycles. The molecule has 2 rings (SSSR count). The normalized spacial score (nSPS) is 23.9. The van der Waals surface area contributed by atoms with Crippen LogP contribution in [0, 0.1) is 0 Å². The zero-order valence-corrected chi connectivity index (χ0v) is 8.91. The molecule has 1 atom stereocenters. The Labute approximate surface area is 93.9 Å². The van der Waals surface area contributed by atoms with E-state index in [1.54, 1.807) is 0 Å². The highest BCUT2D eigenvalue weighted by Crippen LogP contribution is 2.25. The smallest absolute Gasteiger partial charge is 0.104 e. The predicted octanol–water partition coefficient (Wildman–Crippen LogP) is 2.20. The number of aliphatic hydroxyl groups is 1. The van der Waals surface area contributed by atoms with Crippen LogP contribution in [-0.4, -0.2) is 11.7 Å². The van der Waals surface area contributed by atoms with Crippen LogP contribution in [-0.2, 0) is 5.54 Å². The molecule has 0 saturated carbocycles. The van der Waals surface area contributed by atoms with Crippen LogP contribution in [0.2, 0.25) is 5.02 Å². The van der Waals surface area contributed by atoms with E-state index >= 15 is 0 Å². The molecule has 78 valence electrons. The standard InChI is InChI=1S/C12H12ClNO/c13-11-5-3-10(4-6-11)12(9-15)7-1-2-8-14-12/h1-8,14-15H,9H2. The van der Waals surface area contributed by atoms with Crippen molar-refractivity contribution in [3.63, 3.8) is 0 Å². The summed E-state index contributed by atoms with van der Waals surface area (Å²) in [7, 11) is 0. The van der Waals surface area contributed by atoms with Crippen molar-refractivity contribution in [2.75, 3.05) is 6.61 Å². The number of hydrogen-bond acceptors (Lipinski definition) is 2. The summed E-state index contributed by atoms with van der Waals surface area (Å²) >= 11 is 5.82. The molecule has 0 fully saturated rings. The molecule has 1 aliphatic heterocycles. The summed E-state index contributed by atoms with van der Waals surface area (Å²) in [5.41, 5.74) is 0.481. The second kappa shape index (κ2) is 4.09. The third kappa shape index (κ3) is 1.91. The molecule has 1 aliphatic rings. The number of nitrogens with one attached hydrogen (secondary N) is 1. The van der Waals surface area contributed by atoms with Crippen LogP contribution in [0.15, 0.2) is 48.7 Å². The Morgan fingerprint density at radius 3 is 2.47 bits per heavy atom. The van der Waals surface area contributed by atoms with E-state index < -0.39 is 5.54 Å². The number of allylic oxidation sites excluding steroid dienone is 2. The van der Waals surface area contributed by atoms with E-state index in [1.165, 1.54) is 0 Å². The van der Waals surface area contributed by atoms with Crippen molar-refractivity contribution in [2.45, 2.75) is 5.54 Å². The molecule has 15 heavy (non-hydrogen) atoms. The van der Waals surface area contributed by atoms with Crippen molar-refractivity contribution in [1.82, 2.24) is 5.32 Å². The van der Waals surface area contributed by atoms with Gasteiger partial charge in [-0.1, -0.05) is 35.9 Å². The highest BCUT2D eigenvalue weighted by molar-refractivity contribution is 6.30. The maximum absolute atomic E-state index is 9.48. The highest BCUT2D eigenvalue weighted by Gasteiger charge is 2.27. The molecule has 2 nitrogen and oxygen atoms in total. The summed E-state index contributed by atoms with van der Waals surface area (Å²) in [6.07, 6.45) is 7.58. The van der Waals surface area contributed by atoms with Crippen LogP contribution in [0.4, 0.5) is 0 Å². The van der Waals surface area contributed by atoms with Crippen LogP contribution >= 0.6 is 11.6 Å². The van der Waals surface area contributed by atoms with Crippen molar-refractivity contribution in [1.29, 1.82) is 0 Å². The van der Waals surface area contributed by atoms with Gasteiger partial charge in [0.2, 0.25) is 0 Å². The lowest BCUT2D eigenvalue weighted by atomic mass is 9.89. The van der Waals surface area contributed by atoms with E-state index in [4.69, 9.17) is 11.6 Å². The summed E-state index contributed by atoms with van der Waals surface area (Å²) in [5, 5.41) is 13.3. The molecule has 0 bridgehead atoms. The lowest BCUT2D eigenvalue weighted by Crippen LogP contribution is -2.41. The molecule has 0 saturated heterocycles. The van der Waals surface area contributed by atoms with Crippen molar-refractivity contribution < 1.29 is 5.11 Å². The number of hydrogen-bond donors (Lipinski definition) is 2. The number of benzene rings is 1. The average Bonchev–Trinajstić information content (AvgIpc) is 2.31. The first-order valence-corrected chi connectivity index (χ1v) is 5.14. The second-order valence-electron chi connectivity index (χ2n) is 3.50. The molecule has 0 radical (unpaired) electrons. The molecule has 1 unspecified atom stereocenters. The Hall–Kier alpha value is -1.25. The van der Waals surface area contributed by atoms with Gasteiger partial charge in [0.1, 0.15) is 5.54 Å². The molecule has 2 N–H and O–H groups in total. The van der Waals surface area contributed by atoms with Crippen molar-refractivity contribution in [3.8, 4) is 0 Å². The van der Waals surface area contributed by atoms with Gasteiger partial charge in [0.05, 0.1) is 6.61 Å². The largest absolute Gasteiger partial charge is 0.393 e. The monoisotopic (exact) mass is 221 g/mol. The molecule has 3 heteroatoms. The lowest BCUT2D eigenvalue weighted by molar-refractivity contribution is 0.208. The van der Waals surface area contributed by atoms with Crippen molar-refractivity contribution in [3.05, 3.63) is 59.3 Å². The fraction of sp³-hybridized carbons (Fsp3) is 0.167. The minimum atomic E-state index is -0.515. The van der Waals surface area contributed by atoms with E-state index in [-0.39, 0.29) is 6.61 Å². The fourth-order valence-corrected chi connectivity index (χ4v) is 1.76. The lowest BCUT2D eigenvalue weighted by Gasteiger charge is -2.31. The van der Waals surface area contributed by atoms with E-state index in [9.17, 15) is 5.11 Å². The molecular formula is C12H12ClNO. The van der Waals surface area contributed by atoms with Crippen LogP contribution in [0.25, 0.3) is 0 Å². The summed E-state index contributed by atoms with van der Waals surface area (Å²) in [6.45, 7) is 0.00940. The fourth-order valence-electron chi connectivity index (χ4n) is 1.64. The predicted molar refractivity (Wildman–Crippen MR) is 61.6 cm³/mol. The number of aliphatic hydroxyl groups excluding tert-OH is 1. The Morgan fingerprint density at radius 1 is 1.20 bits per heavy atom. The quantitative estimate of drug-likeness (QED) is 0.803. The number of halogens is 1. The molecule has 0 spiro atoms. The van der Waals surface area contributed by atoms with Crippen LogP contribution in [0.1, 0.15) is 5.56 Å². The van der Waals surface area contributed by atoms with Gasteiger partial charge in [-0.15, -0.1) is 0 Å². The van der Waals surface area contributed by atoms with E-state index in [0.717, 1.165) is 5.56 Å². The zero-order valence-electron chi connectivity index (χ0n) is 8.15. The SMILES string of the molecule is OCC1(c2ccc(Cl)cc2)C=CC=CN1. The van der Waals surface area contributed by atoms with Crippen LogP contribution in [0.5, 0.6) is 0 Å². The van der Waals surface area contributed by atoms with E-state index in [0.29, 0.717) is 5.02 Å².